The number of benzene rings is 1. The van der Waals surface area contributed by atoms with E-state index in [0.717, 1.165) is 31.7 Å². The van der Waals surface area contributed by atoms with Gasteiger partial charge in [0.1, 0.15) is 34.5 Å². The number of rotatable bonds is 6. The van der Waals surface area contributed by atoms with Gasteiger partial charge in [0.25, 0.3) is 11.8 Å². The number of furan rings is 1. The van der Waals surface area contributed by atoms with Gasteiger partial charge in [-0.25, -0.2) is 18.4 Å². The molecule has 0 radical (unpaired) electrons. The molecule has 3 fully saturated rings. The number of halogens is 3. The number of carbonyl (C=O) groups is 3. The molecule has 2 saturated carbocycles. The van der Waals surface area contributed by atoms with Crippen LogP contribution in [0.3, 0.4) is 0 Å². The van der Waals surface area contributed by atoms with E-state index in [-0.39, 0.29) is 60.3 Å². The number of nitrogens with zero attached hydrogens (tertiary/aromatic N) is 4. The number of aromatic nitrogens is 3. The van der Waals surface area contributed by atoms with Crippen molar-refractivity contribution in [2.24, 2.45) is 5.92 Å². The van der Waals surface area contributed by atoms with Crippen LogP contribution in [0.15, 0.2) is 53.0 Å². The molecule has 1 aromatic carbocycles. The van der Waals surface area contributed by atoms with Gasteiger partial charge in [-0.1, -0.05) is 37.1 Å². The van der Waals surface area contributed by atoms with E-state index in [0.29, 0.717) is 35.7 Å². The lowest BCUT2D eigenvalue weighted by Crippen LogP contribution is -2.56. The standard InChI is InChI=1S/C38H39F3N6O7S/c1-21-25(16-17-29(42-21)38(39,40)41)33-43-31-26-11-8-9-12-28(26)54-32(31)35(44-33)53-23-18-27-34(49)45-37(36(50)46-55(51,52)24-14-15-24)19-22(37)10-6-4-2-3-5-7-13-30(48)47(27)20-23/h6,8-12,16-17,22-24,27H,2-5,7,13-15,18-20H2,1H3,(H,45,49)(H,46,50)/b10-6-/t22-,23-,27+,37-/m1/s1. The third kappa shape index (κ3) is 7.25. The maximum absolute atomic E-state index is 14.2. The van der Waals surface area contributed by atoms with Crippen LogP contribution in [0, 0.1) is 12.8 Å². The summed E-state index contributed by atoms with van der Waals surface area (Å²) >= 11 is 0. The third-order valence-electron chi connectivity index (χ3n) is 10.8. The van der Waals surface area contributed by atoms with Crippen molar-refractivity contribution in [2.75, 3.05) is 6.54 Å². The summed E-state index contributed by atoms with van der Waals surface area (Å²) in [6.07, 6.45) is 3.59. The molecule has 1 saturated heterocycles. The molecule has 4 aromatic rings. The van der Waals surface area contributed by atoms with Crippen LogP contribution in [0.5, 0.6) is 5.88 Å². The van der Waals surface area contributed by atoms with Crippen molar-refractivity contribution < 1.29 is 45.1 Å². The van der Waals surface area contributed by atoms with Crippen LogP contribution in [0.25, 0.3) is 33.5 Å². The second-order valence-corrected chi connectivity index (χ2v) is 16.8. The molecule has 3 amide bonds. The summed E-state index contributed by atoms with van der Waals surface area (Å²) < 4.78 is 80.7. The summed E-state index contributed by atoms with van der Waals surface area (Å²) in [6, 6.07) is 8.09. The maximum Gasteiger partial charge on any atom is 0.433 e. The predicted octanol–water partition coefficient (Wildman–Crippen LogP) is 5.51. The number of hydrogen-bond donors (Lipinski definition) is 2. The molecule has 8 rings (SSSR count). The van der Waals surface area contributed by atoms with Crippen LogP contribution in [-0.2, 0) is 30.6 Å². The zero-order valence-electron chi connectivity index (χ0n) is 29.9. The van der Waals surface area contributed by atoms with E-state index in [4.69, 9.17) is 9.15 Å². The average molecular weight is 781 g/mol. The Morgan fingerprint density at radius 1 is 1.05 bits per heavy atom. The van der Waals surface area contributed by atoms with E-state index in [1.165, 1.54) is 17.9 Å². The Bertz CT molecular complexity index is 2340. The van der Waals surface area contributed by atoms with Crippen molar-refractivity contribution >= 4 is 49.8 Å². The van der Waals surface area contributed by atoms with Crippen molar-refractivity contribution in [1.82, 2.24) is 29.9 Å². The predicted molar refractivity (Wildman–Crippen MR) is 193 cm³/mol. The lowest BCUT2D eigenvalue weighted by atomic mass is 10.1. The molecule has 4 aliphatic rings. The molecule has 5 heterocycles. The van der Waals surface area contributed by atoms with Crippen molar-refractivity contribution in [3.63, 3.8) is 0 Å². The minimum atomic E-state index is -4.65. The number of ether oxygens (including phenoxy) is 1. The minimum absolute atomic E-state index is 0.00191. The van der Waals surface area contributed by atoms with Crippen LogP contribution >= 0.6 is 0 Å². The number of carbonyl (C=O) groups excluding carboxylic acids is 3. The van der Waals surface area contributed by atoms with E-state index >= 15 is 0 Å². The number of aryl methyl sites for hydroxylation is 1. The van der Waals surface area contributed by atoms with Gasteiger partial charge in [0.15, 0.2) is 5.82 Å². The number of para-hydroxylation sites is 1. The van der Waals surface area contributed by atoms with Gasteiger partial charge < -0.3 is 19.4 Å². The van der Waals surface area contributed by atoms with Crippen molar-refractivity contribution in [3.05, 3.63) is 59.9 Å². The maximum atomic E-state index is 14.2. The summed E-state index contributed by atoms with van der Waals surface area (Å²) in [4.78, 5) is 56.0. The first-order chi connectivity index (χ1) is 26.2. The topological polar surface area (TPSA) is 174 Å². The Morgan fingerprint density at radius 2 is 1.84 bits per heavy atom. The quantitative estimate of drug-likeness (QED) is 0.238. The molecule has 2 N–H and O–H groups in total. The Balaban J connectivity index is 1.12. The molecule has 2 aliphatic heterocycles. The molecule has 0 bridgehead atoms. The normalized spacial score (nSPS) is 25.7. The van der Waals surface area contributed by atoms with Crippen molar-refractivity contribution in [2.45, 2.75) is 100 Å². The summed E-state index contributed by atoms with van der Waals surface area (Å²) in [5.41, 5.74) is -1.31. The van der Waals surface area contributed by atoms with Gasteiger partial charge in [-0.05, 0) is 69.7 Å². The van der Waals surface area contributed by atoms with E-state index in [1.807, 2.05) is 12.2 Å². The van der Waals surface area contributed by atoms with Gasteiger partial charge in [-0.2, -0.15) is 18.2 Å². The molecular weight excluding hydrogens is 742 g/mol. The Hall–Kier alpha value is -5.06. The highest BCUT2D eigenvalue weighted by molar-refractivity contribution is 7.91. The fraction of sp³-hybridized carbons (Fsp3) is 0.474. The second-order valence-electron chi connectivity index (χ2n) is 14.8. The number of hydrogen-bond acceptors (Lipinski definition) is 10. The number of fused-ring (bicyclic) bond motifs is 5. The molecule has 290 valence electrons. The molecule has 2 aliphatic carbocycles. The van der Waals surface area contributed by atoms with Crippen molar-refractivity contribution in [1.29, 1.82) is 0 Å². The second kappa shape index (κ2) is 13.9. The van der Waals surface area contributed by atoms with Crippen LogP contribution in [0.1, 0.15) is 75.6 Å². The summed E-state index contributed by atoms with van der Waals surface area (Å²) in [5.74, 6) is -2.12. The number of alkyl halides is 3. The first kappa shape index (κ1) is 36.9. The van der Waals surface area contributed by atoms with Crippen LogP contribution in [-0.4, -0.2) is 75.5 Å². The van der Waals surface area contributed by atoms with Crippen LogP contribution in [0.4, 0.5) is 13.2 Å². The zero-order valence-corrected chi connectivity index (χ0v) is 30.7. The SMILES string of the molecule is Cc1nc(C(F)(F)F)ccc1-c1nc(O[C@@H]2C[C@H]3C(=O)N[C@]4(C(=O)NS(=O)(=O)C5CC5)C[C@H]4/C=C\CCCCCCC(=O)N3C2)c2oc3ccccc3c2n1. The van der Waals surface area contributed by atoms with Gasteiger partial charge in [0.2, 0.25) is 27.4 Å². The number of amides is 3. The van der Waals surface area contributed by atoms with Crippen LogP contribution in [0.2, 0.25) is 0 Å². The van der Waals surface area contributed by atoms with Gasteiger partial charge in [0.05, 0.1) is 11.8 Å². The molecule has 4 atom stereocenters. The van der Waals surface area contributed by atoms with E-state index in [2.05, 4.69) is 25.0 Å². The first-order valence-corrected chi connectivity index (χ1v) is 20.0. The molecule has 55 heavy (non-hydrogen) atoms. The summed E-state index contributed by atoms with van der Waals surface area (Å²) in [7, 11) is -3.90. The minimum Gasteiger partial charge on any atom is -0.470 e. The Labute approximate surface area is 314 Å². The highest BCUT2D eigenvalue weighted by Crippen LogP contribution is 2.46. The van der Waals surface area contributed by atoms with Gasteiger partial charge in [-0.15, -0.1) is 0 Å². The highest BCUT2D eigenvalue weighted by Gasteiger charge is 2.62. The molecular formula is C38H39F3N6O7S. The Morgan fingerprint density at radius 3 is 2.60 bits per heavy atom. The van der Waals surface area contributed by atoms with Crippen LogP contribution < -0.4 is 14.8 Å². The molecule has 0 unspecified atom stereocenters. The van der Waals surface area contributed by atoms with Gasteiger partial charge in [0, 0.05) is 35.4 Å². The van der Waals surface area contributed by atoms with E-state index in [9.17, 15) is 36.0 Å². The molecule has 13 nitrogen and oxygen atoms in total. The lowest BCUT2D eigenvalue weighted by molar-refractivity contribution is -0.141. The fourth-order valence-corrected chi connectivity index (χ4v) is 8.91. The zero-order chi connectivity index (χ0) is 38.7. The molecule has 0 spiro atoms. The smallest absolute Gasteiger partial charge is 0.433 e. The lowest BCUT2D eigenvalue weighted by Gasteiger charge is -2.26. The first-order valence-electron chi connectivity index (χ1n) is 18.5. The average Bonchev–Trinajstić information content (AvgIpc) is 4.04. The number of nitrogens with one attached hydrogen (secondary N) is 2. The van der Waals surface area contributed by atoms with E-state index in [1.54, 1.807) is 24.3 Å². The summed E-state index contributed by atoms with van der Waals surface area (Å²) in [5, 5.41) is 2.82. The van der Waals surface area contributed by atoms with Gasteiger partial charge in [-0.3, -0.25) is 19.1 Å². The third-order valence-corrected chi connectivity index (χ3v) is 12.6. The monoisotopic (exact) mass is 780 g/mol. The number of allylic oxidation sites excluding steroid dienone is 1. The molecule has 3 aromatic heterocycles. The Kier molecular flexibility index (Phi) is 9.33. The fourth-order valence-electron chi connectivity index (χ4n) is 7.55. The van der Waals surface area contributed by atoms with E-state index < -0.39 is 62.6 Å². The van der Waals surface area contributed by atoms with Crippen molar-refractivity contribution in [3.8, 4) is 17.3 Å². The largest absolute Gasteiger partial charge is 0.470 e. The van der Waals surface area contributed by atoms with Gasteiger partial charge >= 0.3 is 6.18 Å². The number of sulfonamides is 1. The summed E-state index contributed by atoms with van der Waals surface area (Å²) in [6.45, 7) is 1.41. The number of pyridine rings is 1. The highest BCUT2D eigenvalue weighted by atomic mass is 32.2. The molecule has 17 heteroatoms.